The minimum atomic E-state index is 0.0992. The highest BCUT2D eigenvalue weighted by Crippen LogP contribution is 2.20. The van der Waals surface area contributed by atoms with E-state index in [9.17, 15) is 4.79 Å². The van der Waals surface area contributed by atoms with Crippen molar-refractivity contribution in [3.63, 3.8) is 0 Å². The van der Waals surface area contributed by atoms with Crippen LogP contribution in [0.2, 0.25) is 5.02 Å². The summed E-state index contributed by atoms with van der Waals surface area (Å²) in [6.45, 7) is 5.56. The van der Waals surface area contributed by atoms with Crippen molar-refractivity contribution >= 4 is 23.6 Å². The van der Waals surface area contributed by atoms with Crippen LogP contribution in [-0.2, 0) is 11.3 Å². The molecule has 0 saturated carbocycles. The van der Waals surface area contributed by atoms with Crippen molar-refractivity contribution in [2.45, 2.75) is 26.3 Å². The lowest BCUT2D eigenvalue weighted by Crippen LogP contribution is -2.40. The third-order valence-electron chi connectivity index (χ3n) is 5.05. The van der Waals surface area contributed by atoms with Gasteiger partial charge >= 0.3 is 0 Å². The summed E-state index contributed by atoms with van der Waals surface area (Å²) in [4.78, 5) is 14.9. The zero-order valence-corrected chi connectivity index (χ0v) is 16.6. The lowest BCUT2D eigenvalue weighted by molar-refractivity contribution is -0.126. The van der Waals surface area contributed by atoms with Gasteiger partial charge in [0.15, 0.2) is 0 Å². The quantitative estimate of drug-likeness (QED) is 0.780. The van der Waals surface area contributed by atoms with Gasteiger partial charge in [-0.2, -0.15) is 0 Å². The molecule has 142 valence electrons. The maximum absolute atomic E-state index is 12.5. The van der Waals surface area contributed by atoms with E-state index in [2.05, 4.69) is 47.5 Å². The van der Waals surface area contributed by atoms with Gasteiger partial charge in [-0.05, 0) is 50.0 Å². The number of hydrogen-bond acceptors (Lipinski definition) is 2. The first-order valence-electron chi connectivity index (χ1n) is 9.57. The maximum atomic E-state index is 12.5. The maximum Gasteiger partial charge on any atom is 0.223 e. The number of rotatable bonds is 6. The molecule has 3 nitrogen and oxygen atoms in total. The normalized spacial score (nSPS) is 16.3. The Kier molecular flexibility index (Phi) is 7.08. The number of nitrogens with one attached hydrogen (secondary N) is 1. The zero-order valence-electron chi connectivity index (χ0n) is 15.8. The fraction of sp³-hybridized carbons (Fsp3) is 0.348. The molecule has 27 heavy (non-hydrogen) atoms. The predicted octanol–water partition coefficient (Wildman–Crippen LogP) is 4.77. The van der Waals surface area contributed by atoms with Crippen LogP contribution < -0.4 is 5.32 Å². The molecule has 3 rings (SSSR count). The molecule has 2 aromatic rings. The minimum absolute atomic E-state index is 0.0992. The highest BCUT2D eigenvalue weighted by Gasteiger charge is 2.24. The number of benzene rings is 2. The van der Waals surface area contributed by atoms with E-state index in [1.165, 1.54) is 11.1 Å². The van der Waals surface area contributed by atoms with Crippen LogP contribution in [0.4, 0.5) is 0 Å². The van der Waals surface area contributed by atoms with Crippen molar-refractivity contribution in [3.05, 3.63) is 76.3 Å². The summed E-state index contributed by atoms with van der Waals surface area (Å²) in [5.41, 5.74) is 3.55. The molecule has 1 aliphatic heterocycles. The molecular formula is C23H27ClN2O. The van der Waals surface area contributed by atoms with Crippen molar-refractivity contribution in [1.82, 2.24) is 10.2 Å². The summed E-state index contributed by atoms with van der Waals surface area (Å²) in [5, 5.41) is 3.75. The van der Waals surface area contributed by atoms with Crippen molar-refractivity contribution in [2.24, 2.45) is 5.92 Å². The largest absolute Gasteiger partial charge is 0.352 e. The fourth-order valence-corrected chi connectivity index (χ4v) is 3.76. The summed E-state index contributed by atoms with van der Waals surface area (Å²) in [6.07, 6.45) is 4.06. The molecule has 2 aromatic carbocycles. The van der Waals surface area contributed by atoms with E-state index >= 15 is 0 Å². The molecule has 1 fully saturated rings. The van der Waals surface area contributed by atoms with Gasteiger partial charge in [-0.25, -0.2) is 0 Å². The average Bonchev–Trinajstić information content (AvgIpc) is 2.68. The zero-order chi connectivity index (χ0) is 19.1. The van der Waals surface area contributed by atoms with E-state index in [0.29, 0.717) is 11.6 Å². The van der Waals surface area contributed by atoms with Crippen LogP contribution in [0.1, 0.15) is 30.9 Å². The first-order valence-corrected chi connectivity index (χ1v) is 9.95. The van der Waals surface area contributed by atoms with E-state index in [1.54, 1.807) is 0 Å². The van der Waals surface area contributed by atoms with Crippen molar-refractivity contribution in [1.29, 1.82) is 0 Å². The number of carbonyl (C=O) groups is 1. The van der Waals surface area contributed by atoms with Gasteiger partial charge in [0, 0.05) is 24.0 Å². The molecule has 0 atom stereocenters. The summed E-state index contributed by atoms with van der Waals surface area (Å²) < 4.78 is 0. The van der Waals surface area contributed by atoms with Crippen LogP contribution in [0.5, 0.6) is 0 Å². The molecule has 0 radical (unpaired) electrons. The van der Waals surface area contributed by atoms with Gasteiger partial charge in [0.2, 0.25) is 5.91 Å². The molecule has 1 aliphatic rings. The molecular weight excluding hydrogens is 356 g/mol. The Morgan fingerprint density at radius 1 is 1.11 bits per heavy atom. The van der Waals surface area contributed by atoms with E-state index < -0.39 is 0 Å². The second-order valence-electron chi connectivity index (χ2n) is 7.26. The molecule has 1 saturated heterocycles. The smallest absolute Gasteiger partial charge is 0.223 e. The number of carbonyl (C=O) groups excluding carboxylic acids is 1. The van der Waals surface area contributed by atoms with Crippen molar-refractivity contribution in [2.75, 3.05) is 19.6 Å². The van der Waals surface area contributed by atoms with E-state index in [0.717, 1.165) is 38.0 Å². The summed E-state index contributed by atoms with van der Waals surface area (Å²) >= 11 is 6.16. The van der Waals surface area contributed by atoms with Gasteiger partial charge in [-0.15, -0.1) is 0 Å². The van der Waals surface area contributed by atoms with Crippen LogP contribution in [-0.4, -0.2) is 30.4 Å². The van der Waals surface area contributed by atoms with Gasteiger partial charge < -0.3 is 5.32 Å². The highest BCUT2D eigenvalue weighted by atomic mass is 35.5. The van der Waals surface area contributed by atoms with Gasteiger partial charge in [-0.3, -0.25) is 9.69 Å². The Morgan fingerprint density at radius 2 is 1.78 bits per heavy atom. The number of hydrogen-bond donors (Lipinski definition) is 1. The lowest BCUT2D eigenvalue weighted by atomic mass is 9.95. The molecule has 0 unspecified atom stereocenters. The van der Waals surface area contributed by atoms with Gasteiger partial charge in [0.1, 0.15) is 0 Å². The lowest BCUT2D eigenvalue weighted by Gasteiger charge is -2.31. The van der Waals surface area contributed by atoms with Gasteiger partial charge in [-0.1, -0.05) is 71.8 Å². The Hall–Kier alpha value is -2.10. The Morgan fingerprint density at radius 3 is 2.48 bits per heavy atom. The molecule has 0 bridgehead atoms. The first kappa shape index (κ1) is 19.7. The number of likely N-dealkylation sites (tertiary alicyclic amines) is 1. The summed E-state index contributed by atoms with van der Waals surface area (Å²) in [6, 6.07) is 18.1. The van der Waals surface area contributed by atoms with E-state index in [1.807, 2.05) is 30.3 Å². The highest BCUT2D eigenvalue weighted by molar-refractivity contribution is 6.31. The molecule has 0 aliphatic carbocycles. The minimum Gasteiger partial charge on any atom is -0.352 e. The molecule has 1 amide bonds. The monoisotopic (exact) mass is 382 g/mol. The van der Waals surface area contributed by atoms with Crippen molar-refractivity contribution < 1.29 is 4.79 Å². The molecule has 0 spiro atoms. The summed E-state index contributed by atoms with van der Waals surface area (Å²) in [5.74, 6) is 0.244. The topological polar surface area (TPSA) is 32.3 Å². The van der Waals surface area contributed by atoms with Gasteiger partial charge in [0.25, 0.3) is 0 Å². The molecule has 0 aromatic heterocycles. The second-order valence-corrected chi connectivity index (χ2v) is 7.67. The van der Waals surface area contributed by atoms with Crippen LogP contribution >= 0.6 is 11.6 Å². The third-order valence-corrected chi connectivity index (χ3v) is 5.42. The molecule has 4 heteroatoms. The van der Waals surface area contributed by atoms with Crippen LogP contribution in [0.3, 0.4) is 0 Å². The number of piperidine rings is 1. The molecule has 1 N–H and O–H groups in total. The van der Waals surface area contributed by atoms with Crippen LogP contribution in [0.15, 0.2) is 60.2 Å². The summed E-state index contributed by atoms with van der Waals surface area (Å²) in [7, 11) is 0. The Labute approximate surface area is 167 Å². The van der Waals surface area contributed by atoms with E-state index in [4.69, 9.17) is 11.6 Å². The average molecular weight is 383 g/mol. The fourth-order valence-electron chi connectivity index (χ4n) is 3.55. The molecule has 1 heterocycles. The number of amides is 1. The Balaban J connectivity index is 1.43. The van der Waals surface area contributed by atoms with Crippen molar-refractivity contribution in [3.8, 4) is 0 Å². The predicted molar refractivity (Wildman–Crippen MR) is 113 cm³/mol. The second kappa shape index (κ2) is 9.72. The number of nitrogens with zero attached hydrogens (tertiary/aromatic N) is 1. The first-order chi connectivity index (χ1) is 13.1. The van der Waals surface area contributed by atoms with Crippen LogP contribution in [0, 0.1) is 5.92 Å². The van der Waals surface area contributed by atoms with E-state index in [-0.39, 0.29) is 11.8 Å². The standard InChI is InChI=1S/C23H27ClN2O/c1-18(15-19-7-3-2-4-8-19)17-26-13-11-20(12-14-26)23(27)25-16-21-9-5-6-10-22(21)24/h2-10,15,20H,11-14,16-17H2,1H3,(H,25,27). The van der Waals surface area contributed by atoms with Crippen LogP contribution in [0.25, 0.3) is 6.08 Å². The SMILES string of the molecule is CC(=Cc1ccccc1)CN1CCC(C(=O)NCc2ccccc2Cl)CC1. The third kappa shape index (κ3) is 5.95. The number of halogens is 1. The van der Waals surface area contributed by atoms with Gasteiger partial charge in [0.05, 0.1) is 0 Å². The Bertz CT molecular complexity index is 780.